The van der Waals surface area contributed by atoms with Crippen molar-refractivity contribution in [2.45, 2.75) is 65.0 Å². The number of hydrogen-bond donors (Lipinski definition) is 1. The SMILES string of the molecule is Cc1cc(Br)cc(CC(C)N)c1OC1CCC(C)CC1. The van der Waals surface area contributed by atoms with Gasteiger partial charge in [0.25, 0.3) is 0 Å². The molecule has 1 aliphatic carbocycles. The summed E-state index contributed by atoms with van der Waals surface area (Å²) in [7, 11) is 0. The second-order valence-electron chi connectivity index (χ2n) is 6.39. The molecular formula is C17H26BrNO. The van der Waals surface area contributed by atoms with Gasteiger partial charge in [-0.15, -0.1) is 0 Å². The molecule has 1 aromatic carbocycles. The standard InChI is InChI=1S/C17H26BrNO/c1-11-4-6-16(7-5-11)20-17-12(2)8-15(18)10-14(17)9-13(3)19/h8,10-11,13,16H,4-7,9,19H2,1-3H3. The van der Waals surface area contributed by atoms with Gasteiger partial charge in [0.1, 0.15) is 5.75 Å². The van der Waals surface area contributed by atoms with Crippen molar-refractivity contribution in [3.63, 3.8) is 0 Å². The molecule has 2 nitrogen and oxygen atoms in total. The van der Waals surface area contributed by atoms with E-state index >= 15 is 0 Å². The van der Waals surface area contributed by atoms with Crippen molar-refractivity contribution < 1.29 is 4.74 Å². The molecule has 2 N–H and O–H groups in total. The third kappa shape index (κ3) is 4.23. The van der Waals surface area contributed by atoms with Gasteiger partial charge in [-0.1, -0.05) is 22.9 Å². The molecule has 20 heavy (non-hydrogen) atoms. The van der Waals surface area contributed by atoms with Crippen LogP contribution in [-0.4, -0.2) is 12.1 Å². The van der Waals surface area contributed by atoms with Gasteiger partial charge < -0.3 is 10.5 Å². The van der Waals surface area contributed by atoms with Crippen LogP contribution in [0.2, 0.25) is 0 Å². The number of halogens is 1. The van der Waals surface area contributed by atoms with Crippen molar-refractivity contribution in [1.82, 2.24) is 0 Å². The molecule has 1 aromatic rings. The van der Waals surface area contributed by atoms with Gasteiger partial charge in [0.15, 0.2) is 0 Å². The monoisotopic (exact) mass is 339 g/mol. The van der Waals surface area contributed by atoms with E-state index in [4.69, 9.17) is 10.5 Å². The molecule has 0 radical (unpaired) electrons. The van der Waals surface area contributed by atoms with Crippen LogP contribution < -0.4 is 10.5 Å². The van der Waals surface area contributed by atoms with Crippen LogP contribution in [-0.2, 0) is 6.42 Å². The highest BCUT2D eigenvalue weighted by molar-refractivity contribution is 9.10. The lowest BCUT2D eigenvalue weighted by atomic mass is 9.89. The van der Waals surface area contributed by atoms with Crippen LogP contribution in [0.5, 0.6) is 5.75 Å². The molecule has 0 heterocycles. The molecule has 0 saturated heterocycles. The zero-order valence-electron chi connectivity index (χ0n) is 12.8. The minimum atomic E-state index is 0.150. The van der Waals surface area contributed by atoms with Crippen LogP contribution in [0, 0.1) is 12.8 Å². The molecule has 0 bridgehead atoms. The maximum Gasteiger partial charge on any atom is 0.125 e. The first-order valence-electron chi connectivity index (χ1n) is 7.67. The Kier molecular flexibility index (Phi) is 5.50. The van der Waals surface area contributed by atoms with E-state index in [1.165, 1.54) is 36.8 Å². The van der Waals surface area contributed by atoms with Gasteiger partial charge in [0.2, 0.25) is 0 Å². The Morgan fingerprint density at radius 3 is 2.55 bits per heavy atom. The number of rotatable bonds is 4. The number of aryl methyl sites for hydroxylation is 1. The second-order valence-corrected chi connectivity index (χ2v) is 7.31. The maximum absolute atomic E-state index is 6.35. The van der Waals surface area contributed by atoms with Crippen LogP contribution in [0.15, 0.2) is 16.6 Å². The Morgan fingerprint density at radius 1 is 1.30 bits per heavy atom. The van der Waals surface area contributed by atoms with Gasteiger partial charge in [0, 0.05) is 10.5 Å². The first-order valence-corrected chi connectivity index (χ1v) is 8.46. The van der Waals surface area contributed by atoms with Crippen molar-refractivity contribution in [1.29, 1.82) is 0 Å². The van der Waals surface area contributed by atoms with E-state index in [-0.39, 0.29) is 6.04 Å². The van der Waals surface area contributed by atoms with Crippen LogP contribution in [0.1, 0.15) is 50.7 Å². The topological polar surface area (TPSA) is 35.2 Å². The number of hydrogen-bond acceptors (Lipinski definition) is 2. The lowest BCUT2D eigenvalue weighted by molar-refractivity contribution is 0.133. The zero-order chi connectivity index (χ0) is 14.7. The average molecular weight is 340 g/mol. The number of nitrogens with two attached hydrogens (primary N) is 1. The normalized spacial score (nSPS) is 24.4. The molecule has 0 aromatic heterocycles. The summed E-state index contributed by atoms with van der Waals surface area (Å²) < 4.78 is 7.45. The first kappa shape index (κ1) is 15.8. The summed E-state index contributed by atoms with van der Waals surface area (Å²) in [6, 6.07) is 4.43. The van der Waals surface area contributed by atoms with E-state index < -0.39 is 0 Å². The van der Waals surface area contributed by atoms with E-state index in [0.29, 0.717) is 6.10 Å². The van der Waals surface area contributed by atoms with Crippen molar-refractivity contribution in [2.24, 2.45) is 11.7 Å². The van der Waals surface area contributed by atoms with Crippen LogP contribution >= 0.6 is 15.9 Å². The van der Waals surface area contributed by atoms with Crippen LogP contribution in [0.4, 0.5) is 0 Å². The molecule has 1 saturated carbocycles. The van der Waals surface area contributed by atoms with Crippen molar-refractivity contribution >= 4 is 15.9 Å². The highest BCUT2D eigenvalue weighted by Crippen LogP contribution is 2.33. The van der Waals surface area contributed by atoms with Crippen molar-refractivity contribution in [2.75, 3.05) is 0 Å². The summed E-state index contributed by atoms with van der Waals surface area (Å²) in [5.41, 5.74) is 8.40. The number of ether oxygens (including phenoxy) is 1. The van der Waals surface area contributed by atoms with Gasteiger partial charge in [-0.3, -0.25) is 0 Å². The largest absolute Gasteiger partial charge is 0.490 e. The van der Waals surface area contributed by atoms with E-state index in [1.54, 1.807) is 0 Å². The summed E-state index contributed by atoms with van der Waals surface area (Å²) in [6.45, 7) is 6.50. The smallest absolute Gasteiger partial charge is 0.125 e. The predicted molar refractivity (Wildman–Crippen MR) is 88.3 cm³/mol. The molecule has 0 spiro atoms. The summed E-state index contributed by atoms with van der Waals surface area (Å²) in [4.78, 5) is 0. The highest BCUT2D eigenvalue weighted by atomic mass is 79.9. The van der Waals surface area contributed by atoms with Crippen molar-refractivity contribution in [3.05, 3.63) is 27.7 Å². The Morgan fingerprint density at radius 2 is 1.95 bits per heavy atom. The lowest BCUT2D eigenvalue weighted by Gasteiger charge is -2.28. The summed E-state index contributed by atoms with van der Waals surface area (Å²) in [5, 5.41) is 0. The summed E-state index contributed by atoms with van der Waals surface area (Å²) in [5.74, 6) is 1.91. The van der Waals surface area contributed by atoms with Gasteiger partial charge >= 0.3 is 0 Å². The Labute approximate surface area is 131 Å². The molecule has 1 unspecified atom stereocenters. The summed E-state index contributed by atoms with van der Waals surface area (Å²) >= 11 is 3.57. The Bertz CT molecular complexity index is 451. The predicted octanol–water partition coefficient (Wildman–Crippen LogP) is 4.60. The molecule has 1 aliphatic rings. The molecule has 0 aliphatic heterocycles. The van der Waals surface area contributed by atoms with E-state index in [0.717, 1.165) is 22.6 Å². The van der Waals surface area contributed by atoms with Crippen LogP contribution in [0.3, 0.4) is 0 Å². The Balaban J connectivity index is 2.16. The van der Waals surface area contributed by atoms with E-state index in [9.17, 15) is 0 Å². The molecule has 0 amide bonds. The Hall–Kier alpha value is -0.540. The highest BCUT2D eigenvalue weighted by Gasteiger charge is 2.21. The molecule has 3 heteroatoms. The molecule has 1 atom stereocenters. The van der Waals surface area contributed by atoms with Gasteiger partial charge in [-0.2, -0.15) is 0 Å². The number of benzene rings is 1. The molecule has 112 valence electrons. The fourth-order valence-electron chi connectivity index (χ4n) is 2.98. The van der Waals surface area contributed by atoms with Gasteiger partial charge in [0.05, 0.1) is 6.10 Å². The maximum atomic E-state index is 6.35. The second kappa shape index (κ2) is 6.95. The van der Waals surface area contributed by atoms with Gasteiger partial charge in [-0.05, 0) is 75.1 Å². The third-order valence-electron chi connectivity index (χ3n) is 4.11. The minimum absolute atomic E-state index is 0.150. The molecule has 2 rings (SSSR count). The average Bonchev–Trinajstić information content (AvgIpc) is 2.35. The zero-order valence-corrected chi connectivity index (χ0v) is 14.4. The van der Waals surface area contributed by atoms with Gasteiger partial charge in [-0.25, -0.2) is 0 Å². The molecular weight excluding hydrogens is 314 g/mol. The fourth-order valence-corrected chi connectivity index (χ4v) is 3.60. The third-order valence-corrected chi connectivity index (χ3v) is 4.56. The van der Waals surface area contributed by atoms with E-state index in [2.05, 4.69) is 41.9 Å². The molecule has 1 fully saturated rings. The van der Waals surface area contributed by atoms with Crippen molar-refractivity contribution in [3.8, 4) is 5.75 Å². The minimum Gasteiger partial charge on any atom is -0.490 e. The quantitative estimate of drug-likeness (QED) is 0.869. The lowest BCUT2D eigenvalue weighted by Crippen LogP contribution is -2.25. The van der Waals surface area contributed by atoms with E-state index in [1.807, 2.05) is 6.92 Å². The fraction of sp³-hybridized carbons (Fsp3) is 0.647. The van der Waals surface area contributed by atoms with Crippen LogP contribution in [0.25, 0.3) is 0 Å². The summed E-state index contributed by atoms with van der Waals surface area (Å²) in [6.07, 6.45) is 6.14. The first-order chi connectivity index (χ1) is 9.45.